The fourth-order valence-corrected chi connectivity index (χ4v) is 2.53. The highest BCUT2D eigenvalue weighted by Gasteiger charge is 2.05. The van der Waals surface area contributed by atoms with Gasteiger partial charge < -0.3 is 30.4 Å². The van der Waals surface area contributed by atoms with E-state index in [4.69, 9.17) is 0 Å². The standard InChI is InChI=1S/C21H22N2O6/c24-18(9-11-20(26)27)22-16-5-1-14(2-6-16)13-15-3-7-17(8-4-15)23-19(25)10-12-21(28)29/h1-8H,9-13H2,(H,22,24)(H,23,25)(H,26,27)(H,28,29)/p-2. The minimum absolute atomic E-state index is 0.139. The SMILES string of the molecule is O=C([O-])CCC(=O)Nc1ccc(Cc2ccc(NC(=O)CCC(=O)[O-])cc2)cc1. The highest BCUT2D eigenvalue weighted by Crippen LogP contribution is 2.16. The first kappa shape index (κ1) is 21.6. The molecular weight excluding hydrogens is 376 g/mol. The summed E-state index contributed by atoms with van der Waals surface area (Å²) in [5.41, 5.74) is 3.16. The number of rotatable bonds is 10. The molecule has 0 aliphatic heterocycles. The summed E-state index contributed by atoms with van der Waals surface area (Å²) in [6.45, 7) is 0. The van der Waals surface area contributed by atoms with Crippen molar-refractivity contribution in [1.29, 1.82) is 0 Å². The maximum Gasteiger partial charge on any atom is 0.224 e. The summed E-state index contributed by atoms with van der Waals surface area (Å²) >= 11 is 0. The molecule has 29 heavy (non-hydrogen) atoms. The lowest BCUT2D eigenvalue weighted by molar-refractivity contribution is -0.307. The van der Waals surface area contributed by atoms with Gasteiger partial charge in [0.15, 0.2) is 0 Å². The number of aliphatic carboxylic acids is 2. The Kier molecular flexibility index (Phi) is 7.90. The molecule has 0 saturated heterocycles. The van der Waals surface area contributed by atoms with Gasteiger partial charge in [-0.25, -0.2) is 0 Å². The van der Waals surface area contributed by atoms with E-state index < -0.39 is 11.9 Å². The van der Waals surface area contributed by atoms with Gasteiger partial charge in [0.05, 0.1) is 0 Å². The van der Waals surface area contributed by atoms with Gasteiger partial charge in [0.25, 0.3) is 0 Å². The number of carbonyl (C=O) groups excluding carboxylic acids is 4. The van der Waals surface area contributed by atoms with E-state index >= 15 is 0 Å². The van der Waals surface area contributed by atoms with E-state index in [0.29, 0.717) is 17.8 Å². The number of hydrogen-bond donors (Lipinski definition) is 2. The van der Waals surface area contributed by atoms with E-state index in [1.54, 1.807) is 24.3 Å². The third kappa shape index (κ3) is 8.25. The number of carboxylic acids is 2. The topological polar surface area (TPSA) is 138 Å². The van der Waals surface area contributed by atoms with Crippen molar-refractivity contribution in [3.05, 3.63) is 59.7 Å². The van der Waals surface area contributed by atoms with E-state index in [1.807, 2.05) is 24.3 Å². The van der Waals surface area contributed by atoms with Crippen LogP contribution >= 0.6 is 0 Å². The van der Waals surface area contributed by atoms with Crippen LogP contribution in [0.2, 0.25) is 0 Å². The number of anilines is 2. The van der Waals surface area contributed by atoms with Crippen LogP contribution in [0.4, 0.5) is 11.4 Å². The first-order valence-electron chi connectivity index (χ1n) is 8.99. The van der Waals surface area contributed by atoms with Crippen molar-refractivity contribution >= 4 is 35.1 Å². The molecule has 2 aromatic carbocycles. The Morgan fingerprint density at radius 2 is 0.931 bits per heavy atom. The molecule has 152 valence electrons. The summed E-state index contributed by atoms with van der Waals surface area (Å²) in [5.74, 6) is -3.31. The lowest BCUT2D eigenvalue weighted by Crippen LogP contribution is -2.24. The second kappa shape index (κ2) is 10.6. The van der Waals surface area contributed by atoms with Gasteiger partial charge in [-0.15, -0.1) is 0 Å². The van der Waals surface area contributed by atoms with Gasteiger partial charge in [-0.1, -0.05) is 24.3 Å². The summed E-state index contributed by atoms with van der Waals surface area (Å²) < 4.78 is 0. The monoisotopic (exact) mass is 396 g/mol. The third-order valence-corrected chi connectivity index (χ3v) is 4.00. The summed E-state index contributed by atoms with van der Waals surface area (Å²) in [7, 11) is 0. The van der Waals surface area contributed by atoms with Crippen LogP contribution in [0.3, 0.4) is 0 Å². The molecule has 0 aliphatic rings. The molecule has 0 aliphatic carbocycles. The molecule has 0 atom stereocenters. The quantitative estimate of drug-likeness (QED) is 0.589. The Hall–Kier alpha value is -3.68. The zero-order chi connectivity index (χ0) is 21.2. The minimum atomic E-state index is -1.27. The molecular formula is C21H20N2O6-2. The first-order chi connectivity index (χ1) is 13.8. The van der Waals surface area contributed by atoms with E-state index in [-0.39, 0.29) is 37.5 Å². The highest BCUT2D eigenvalue weighted by molar-refractivity contribution is 5.92. The fourth-order valence-electron chi connectivity index (χ4n) is 2.53. The average molecular weight is 396 g/mol. The van der Waals surface area contributed by atoms with Crippen LogP contribution in [0.15, 0.2) is 48.5 Å². The molecule has 8 heteroatoms. The van der Waals surface area contributed by atoms with Gasteiger partial charge in [-0.05, 0) is 54.7 Å². The van der Waals surface area contributed by atoms with Crippen LogP contribution in [0.1, 0.15) is 36.8 Å². The zero-order valence-corrected chi connectivity index (χ0v) is 15.6. The summed E-state index contributed by atoms with van der Waals surface area (Å²) in [6, 6.07) is 14.3. The van der Waals surface area contributed by atoms with Crippen molar-refractivity contribution in [2.45, 2.75) is 32.1 Å². The lowest BCUT2D eigenvalue weighted by Gasteiger charge is -2.09. The molecule has 2 rings (SSSR count). The van der Waals surface area contributed by atoms with Crippen molar-refractivity contribution in [2.24, 2.45) is 0 Å². The second-order valence-corrected chi connectivity index (χ2v) is 6.41. The predicted molar refractivity (Wildman–Crippen MR) is 101 cm³/mol. The molecule has 0 fully saturated rings. The van der Waals surface area contributed by atoms with E-state index in [1.165, 1.54) is 0 Å². The summed E-state index contributed by atoms with van der Waals surface area (Å²) in [4.78, 5) is 44.0. The normalized spacial score (nSPS) is 10.2. The Balaban J connectivity index is 1.85. The van der Waals surface area contributed by atoms with Gasteiger partial charge in [-0.2, -0.15) is 0 Å². The number of hydrogen-bond acceptors (Lipinski definition) is 6. The average Bonchev–Trinajstić information content (AvgIpc) is 2.68. The fraction of sp³-hybridized carbons (Fsp3) is 0.238. The molecule has 0 saturated carbocycles. The van der Waals surface area contributed by atoms with Crippen molar-refractivity contribution in [2.75, 3.05) is 10.6 Å². The third-order valence-electron chi connectivity index (χ3n) is 4.00. The highest BCUT2D eigenvalue weighted by atomic mass is 16.4. The molecule has 0 aromatic heterocycles. The largest absolute Gasteiger partial charge is 0.550 e. The van der Waals surface area contributed by atoms with Crippen LogP contribution in [0, 0.1) is 0 Å². The van der Waals surface area contributed by atoms with Gasteiger partial charge in [-0.3, -0.25) is 9.59 Å². The number of amides is 2. The van der Waals surface area contributed by atoms with Gasteiger partial charge >= 0.3 is 0 Å². The summed E-state index contributed by atoms with van der Waals surface area (Å²) in [5, 5.41) is 26.0. The van der Waals surface area contributed by atoms with E-state index in [2.05, 4.69) is 10.6 Å². The van der Waals surface area contributed by atoms with Gasteiger partial charge in [0.1, 0.15) is 0 Å². The molecule has 0 unspecified atom stereocenters. The van der Waals surface area contributed by atoms with Crippen molar-refractivity contribution in [1.82, 2.24) is 0 Å². The Morgan fingerprint density at radius 1 is 0.586 bits per heavy atom. The second-order valence-electron chi connectivity index (χ2n) is 6.41. The van der Waals surface area contributed by atoms with Crippen molar-refractivity contribution in [3.63, 3.8) is 0 Å². The predicted octanol–water partition coefficient (Wildman–Crippen LogP) is 0.215. The molecule has 2 aromatic rings. The lowest BCUT2D eigenvalue weighted by atomic mass is 10.0. The van der Waals surface area contributed by atoms with E-state index in [0.717, 1.165) is 11.1 Å². The van der Waals surface area contributed by atoms with Crippen LogP contribution in [-0.2, 0) is 25.6 Å². The van der Waals surface area contributed by atoms with E-state index in [9.17, 15) is 29.4 Å². The molecule has 2 N–H and O–H groups in total. The molecule has 8 nitrogen and oxygen atoms in total. The van der Waals surface area contributed by atoms with Crippen LogP contribution in [0.5, 0.6) is 0 Å². The molecule has 2 amide bonds. The maximum absolute atomic E-state index is 11.6. The maximum atomic E-state index is 11.6. The number of carbonyl (C=O) groups is 4. The number of benzene rings is 2. The van der Waals surface area contributed by atoms with Crippen molar-refractivity contribution in [3.8, 4) is 0 Å². The first-order valence-corrected chi connectivity index (χ1v) is 8.99. The zero-order valence-electron chi connectivity index (χ0n) is 15.6. The van der Waals surface area contributed by atoms with Crippen molar-refractivity contribution < 1.29 is 29.4 Å². The Morgan fingerprint density at radius 3 is 1.24 bits per heavy atom. The Bertz CT molecular complexity index is 802. The van der Waals surface area contributed by atoms with Crippen LogP contribution in [-0.4, -0.2) is 23.8 Å². The van der Waals surface area contributed by atoms with Gasteiger partial charge in [0, 0.05) is 36.2 Å². The molecule has 0 heterocycles. The molecule has 0 spiro atoms. The minimum Gasteiger partial charge on any atom is -0.550 e. The van der Waals surface area contributed by atoms with Crippen LogP contribution in [0.25, 0.3) is 0 Å². The van der Waals surface area contributed by atoms with Crippen LogP contribution < -0.4 is 20.8 Å². The molecule has 0 bridgehead atoms. The summed E-state index contributed by atoms with van der Waals surface area (Å²) in [6.07, 6.45) is -0.285. The number of carboxylic acid groups (broad SMARTS) is 2. The Labute approximate surface area is 167 Å². The number of nitrogens with one attached hydrogen (secondary N) is 2. The van der Waals surface area contributed by atoms with Gasteiger partial charge in [0.2, 0.25) is 11.8 Å². The smallest absolute Gasteiger partial charge is 0.224 e. The molecule has 0 radical (unpaired) electrons.